The van der Waals surface area contributed by atoms with Crippen molar-refractivity contribution in [3.05, 3.63) is 24.3 Å². The molecule has 0 saturated heterocycles. The summed E-state index contributed by atoms with van der Waals surface area (Å²) in [5, 5.41) is 23.1. The van der Waals surface area contributed by atoms with Crippen molar-refractivity contribution in [1.82, 2.24) is 5.32 Å². The van der Waals surface area contributed by atoms with Crippen molar-refractivity contribution < 1.29 is 24.5 Å². The fraction of sp³-hybridized carbons (Fsp3) is 0.895. The lowest BCUT2D eigenvalue weighted by Crippen LogP contribution is -2.45. The molecule has 0 bridgehead atoms. The number of hydrogen-bond donors (Lipinski definition) is 3. The van der Waals surface area contributed by atoms with Crippen molar-refractivity contribution in [2.75, 3.05) is 13.2 Å². The molecule has 0 fully saturated rings. The molecule has 0 aromatic heterocycles. The molecule has 0 radical (unpaired) electrons. The quantitative estimate of drug-likeness (QED) is 0.0321. The highest BCUT2D eigenvalue weighted by molar-refractivity contribution is 5.76. The summed E-state index contributed by atoms with van der Waals surface area (Å²) in [5.41, 5.74) is 0. The third-order valence-corrected chi connectivity index (χ3v) is 13.0. The number of hydrogen-bond acceptors (Lipinski definition) is 5. The number of unbranched alkanes of at least 4 members (excludes halogenated alkanes) is 39. The Balaban J connectivity index is 3.43. The summed E-state index contributed by atoms with van der Waals surface area (Å²) in [4.78, 5) is 24.4. The summed E-state index contributed by atoms with van der Waals surface area (Å²) in [7, 11) is 0. The molecule has 6 nitrogen and oxygen atoms in total. The van der Waals surface area contributed by atoms with E-state index in [1.807, 2.05) is 6.08 Å². The Labute approximate surface area is 392 Å². The molecule has 63 heavy (non-hydrogen) atoms. The van der Waals surface area contributed by atoms with E-state index in [1.165, 1.54) is 231 Å². The number of rotatable bonds is 52. The number of esters is 1. The molecule has 2 unspecified atom stereocenters. The predicted octanol–water partition coefficient (Wildman–Crippen LogP) is 17.1. The first-order chi connectivity index (χ1) is 31.0. The minimum Gasteiger partial charge on any atom is -0.466 e. The molecule has 0 aliphatic carbocycles. The van der Waals surface area contributed by atoms with E-state index < -0.39 is 12.1 Å². The minimum atomic E-state index is -0.845. The van der Waals surface area contributed by atoms with Crippen molar-refractivity contribution in [2.24, 2.45) is 0 Å². The molecule has 1 amide bonds. The maximum Gasteiger partial charge on any atom is 0.305 e. The van der Waals surface area contributed by atoms with Crippen LogP contribution in [-0.2, 0) is 14.3 Å². The number of ether oxygens (including phenoxy) is 1. The van der Waals surface area contributed by atoms with Gasteiger partial charge in [-0.05, 0) is 51.4 Å². The van der Waals surface area contributed by atoms with Crippen molar-refractivity contribution in [1.29, 1.82) is 0 Å². The van der Waals surface area contributed by atoms with Gasteiger partial charge in [0.15, 0.2) is 0 Å². The van der Waals surface area contributed by atoms with Crippen LogP contribution in [0.4, 0.5) is 0 Å². The third kappa shape index (κ3) is 49.6. The molecule has 0 aromatic carbocycles. The number of carbonyl (C=O) groups excluding carboxylic acids is 2. The van der Waals surface area contributed by atoms with Gasteiger partial charge in [-0.1, -0.05) is 263 Å². The molecule has 0 spiro atoms. The molecule has 0 saturated carbocycles. The summed E-state index contributed by atoms with van der Waals surface area (Å²) in [6.07, 6.45) is 63.4. The Bertz CT molecular complexity index is 982. The fourth-order valence-corrected chi connectivity index (χ4v) is 8.62. The van der Waals surface area contributed by atoms with Crippen LogP contribution in [0.5, 0.6) is 0 Å². The number of aliphatic hydroxyl groups excluding tert-OH is 2. The van der Waals surface area contributed by atoms with Crippen LogP contribution in [0.2, 0.25) is 0 Å². The van der Waals surface area contributed by atoms with Crippen LogP contribution in [0.1, 0.15) is 303 Å². The van der Waals surface area contributed by atoms with Crippen molar-refractivity contribution in [3.8, 4) is 0 Å². The van der Waals surface area contributed by atoms with Gasteiger partial charge in [0, 0.05) is 12.8 Å². The lowest BCUT2D eigenvalue weighted by atomic mass is 10.0. The predicted molar refractivity (Wildman–Crippen MR) is 273 cm³/mol. The maximum absolute atomic E-state index is 12.4. The van der Waals surface area contributed by atoms with Crippen LogP contribution in [0, 0.1) is 0 Å². The Morgan fingerprint density at radius 2 is 0.762 bits per heavy atom. The molecule has 0 heterocycles. The molecule has 0 aromatic rings. The van der Waals surface area contributed by atoms with Gasteiger partial charge in [-0.2, -0.15) is 0 Å². The Hall–Kier alpha value is -1.66. The average molecular weight is 889 g/mol. The van der Waals surface area contributed by atoms with Crippen LogP contribution >= 0.6 is 0 Å². The number of aliphatic hydroxyl groups is 2. The second kappa shape index (κ2) is 53.0. The topological polar surface area (TPSA) is 95.9 Å². The first kappa shape index (κ1) is 61.3. The van der Waals surface area contributed by atoms with Gasteiger partial charge in [-0.3, -0.25) is 9.59 Å². The molecular weight excluding hydrogens is 779 g/mol. The van der Waals surface area contributed by atoms with E-state index in [0.29, 0.717) is 19.4 Å². The standard InChI is InChI=1S/C57H109NO5/c1-3-5-7-9-11-13-15-16-23-26-30-33-37-41-45-49-55(60)54(53-59)58-56(61)50-46-42-38-34-31-27-24-21-19-17-18-20-22-25-28-32-36-40-44-48-52-63-57(62)51-47-43-39-35-29-14-12-10-8-6-4-2/h10,12,45,49,54-55,59-60H,3-9,11,13-44,46-48,50-53H2,1-2H3,(H,58,61)/b12-10-,49-45+. The van der Waals surface area contributed by atoms with Gasteiger partial charge in [-0.25, -0.2) is 0 Å². The number of allylic oxidation sites excluding steroid dienone is 3. The van der Waals surface area contributed by atoms with E-state index in [-0.39, 0.29) is 18.5 Å². The molecule has 3 N–H and O–H groups in total. The zero-order chi connectivity index (χ0) is 45.8. The van der Waals surface area contributed by atoms with Gasteiger partial charge in [0.25, 0.3) is 0 Å². The normalized spacial score (nSPS) is 12.8. The van der Waals surface area contributed by atoms with Gasteiger partial charge in [0.05, 0.1) is 25.4 Å². The van der Waals surface area contributed by atoms with Crippen LogP contribution in [0.25, 0.3) is 0 Å². The van der Waals surface area contributed by atoms with E-state index in [1.54, 1.807) is 6.08 Å². The highest BCUT2D eigenvalue weighted by atomic mass is 16.5. The van der Waals surface area contributed by atoms with E-state index in [0.717, 1.165) is 44.9 Å². The maximum atomic E-state index is 12.4. The second-order valence-electron chi connectivity index (χ2n) is 19.3. The lowest BCUT2D eigenvalue weighted by Gasteiger charge is -2.20. The molecule has 0 aliphatic rings. The second-order valence-corrected chi connectivity index (χ2v) is 19.3. The van der Waals surface area contributed by atoms with Crippen LogP contribution in [-0.4, -0.2) is 47.4 Å². The zero-order valence-corrected chi connectivity index (χ0v) is 42.3. The fourth-order valence-electron chi connectivity index (χ4n) is 8.62. The average Bonchev–Trinajstić information content (AvgIpc) is 3.28. The van der Waals surface area contributed by atoms with Crippen molar-refractivity contribution >= 4 is 11.9 Å². The zero-order valence-electron chi connectivity index (χ0n) is 42.3. The van der Waals surface area contributed by atoms with Gasteiger partial charge in [-0.15, -0.1) is 0 Å². The summed E-state index contributed by atoms with van der Waals surface area (Å²) in [6, 6.07) is -0.628. The number of carbonyl (C=O) groups is 2. The molecule has 0 aliphatic heterocycles. The van der Waals surface area contributed by atoms with Gasteiger partial charge in [0.1, 0.15) is 0 Å². The van der Waals surface area contributed by atoms with Gasteiger partial charge < -0.3 is 20.3 Å². The number of nitrogens with one attached hydrogen (secondary N) is 1. The summed E-state index contributed by atoms with van der Waals surface area (Å²) in [5.74, 6) is -0.0702. The van der Waals surface area contributed by atoms with Crippen molar-refractivity contribution in [2.45, 2.75) is 315 Å². The minimum absolute atomic E-state index is 0.00125. The first-order valence-corrected chi connectivity index (χ1v) is 28.1. The lowest BCUT2D eigenvalue weighted by molar-refractivity contribution is -0.143. The van der Waals surface area contributed by atoms with E-state index in [2.05, 4.69) is 31.3 Å². The molecule has 372 valence electrons. The summed E-state index contributed by atoms with van der Waals surface area (Å²) in [6.45, 7) is 4.87. The van der Waals surface area contributed by atoms with Crippen LogP contribution < -0.4 is 5.32 Å². The smallest absolute Gasteiger partial charge is 0.305 e. The monoisotopic (exact) mass is 888 g/mol. The van der Waals surface area contributed by atoms with Crippen molar-refractivity contribution in [3.63, 3.8) is 0 Å². The van der Waals surface area contributed by atoms with E-state index in [4.69, 9.17) is 4.74 Å². The first-order valence-electron chi connectivity index (χ1n) is 28.1. The SMILES string of the molecule is CCCC/C=C\CCCCCCCC(=O)OCCCCCCCCCCCCCCCCCCCCCCC(=O)NC(CO)C(O)/C=C/CCCCCCCCCCCCCCC. The van der Waals surface area contributed by atoms with Crippen LogP contribution in [0.15, 0.2) is 24.3 Å². The van der Waals surface area contributed by atoms with Gasteiger partial charge >= 0.3 is 5.97 Å². The van der Waals surface area contributed by atoms with E-state index >= 15 is 0 Å². The number of amides is 1. The Morgan fingerprint density at radius 1 is 0.429 bits per heavy atom. The molecule has 6 heteroatoms. The Kier molecular flexibility index (Phi) is 51.6. The Morgan fingerprint density at radius 3 is 1.17 bits per heavy atom. The molecule has 2 atom stereocenters. The highest BCUT2D eigenvalue weighted by Gasteiger charge is 2.18. The highest BCUT2D eigenvalue weighted by Crippen LogP contribution is 2.17. The summed E-state index contributed by atoms with van der Waals surface area (Å²) >= 11 is 0. The summed E-state index contributed by atoms with van der Waals surface area (Å²) < 4.78 is 5.45. The third-order valence-electron chi connectivity index (χ3n) is 13.0. The van der Waals surface area contributed by atoms with E-state index in [9.17, 15) is 19.8 Å². The van der Waals surface area contributed by atoms with Crippen LogP contribution in [0.3, 0.4) is 0 Å². The molecular formula is C57H109NO5. The molecule has 0 rings (SSSR count). The van der Waals surface area contributed by atoms with Gasteiger partial charge in [0.2, 0.25) is 5.91 Å². The largest absolute Gasteiger partial charge is 0.466 e.